The largest absolute Gasteiger partial charge is 0.281 e. The van der Waals surface area contributed by atoms with Gasteiger partial charge >= 0.3 is 0 Å². The third kappa shape index (κ3) is 3.78. The summed E-state index contributed by atoms with van der Waals surface area (Å²) in [5.41, 5.74) is -0.0902. The predicted octanol–water partition coefficient (Wildman–Crippen LogP) is 3.04. The van der Waals surface area contributed by atoms with Crippen LogP contribution in [-0.2, 0) is 16.4 Å². The summed E-state index contributed by atoms with van der Waals surface area (Å²) in [5, 5.41) is -0.681. The molecule has 21 heavy (non-hydrogen) atoms. The Hall–Kier alpha value is -0.180. The molecule has 1 heterocycles. The molecule has 0 N–H and O–H groups in total. The predicted molar refractivity (Wildman–Crippen MR) is 85.0 cm³/mol. The first kappa shape index (κ1) is 17.2. The Morgan fingerprint density at radius 3 is 2.81 bits per heavy atom. The second-order valence-electron chi connectivity index (χ2n) is 4.77. The monoisotopic (exact) mass is 399 g/mol. The maximum atomic E-state index is 14.1. The maximum Gasteiger partial charge on any atom is 0.166 e. The van der Waals surface area contributed by atoms with Gasteiger partial charge in [-0.1, -0.05) is 6.92 Å². The van der Waals surface area contributed by atoms with E-state index in [4.69, 9.17) is 0 Å². The SMILES string of the molecule is CCS(=O)(=O)C1CSCCN1Cc1c(F)ccc(Br)c1F. The highest BCUT2D eigenvalue weighted by molar-refractivity contribution is 9.10. The number of sulfone groups is 1. The Kier molecular flexibility index (Phi) is 5.67. The van der Waals surface area contributed by atoms with Crippen LogP contribution in [0.1, 0.15) is 12.5 Å². The van der Waals surface area contributed by atoms with Gasteiger partial charge in [0.25, 0.3) is 0 Å². The molecular weight excluding hydrogens is 384 g/mol. The van der Waals surface area contributed by atoms with Gasteiger partial charge in [-0.25, -0.2) is 17.2 Å². The second kappa shape index (κ2) is 6.93. The summed E-state index contributed by atoms with van der Waals surface area (Å²) in [6, 6.07) is 2.49. The second-order valence-corrected chi connectivity index (χ2v) is 9.22. The molecule has 1 aliphatic heterocycles. The lowest BCUT2D eigenvalue weighted by molar-refractivity contribution is 0.253. The minimum atomic E-state index is -3.28. The van der Waals surface area contributed by atoms with Crippen LogP contribution in [0.15, 0.2) is 16.6 Å². The summed E-state index contributed by atoms with van der Waals surface area (Å²) >= 11 is 4.58. The maximum absolute atomic E-state index is 14.1. The lowest BCUT2D eigenvalue weighted by Gasteiger charge is -2.34. The highest BCUT2D eigenvalue weighted by Crippen LogP contribution is 2.27. The van der Waals surface area contributed by atoms with Crippen molar-refractivity contribution in [3.05, 3.63) is 33.8 Å². The molecule has 0 aromatic heterocycles. The fraction of sp³-hybridized carbons (Fsp3) is 0.538. The molecule has 1 unspecified atom stereocenters. The van der Waals surface area contributed by atoms with Gasteiger partial charge in [-0.2, -0.15) is 11.8 Å². The van der Waals surface area contributed by atoms with Crippen molar-refractivity contribution in [3.63, 3.8) is 0 Å². The molecule has 1 saturated heterocycles. The third-order valence-corrected chi connectivity index (χ3v) is 7.45. The minimum absolute atomic E-state index is 0.0260. The lowest BCUT2D eigenvalue weighted by atomic mass is 10.2. The van der Waals surface area contributed by atoms with Gasteiger partial charge < -0.3 is 0 Å². The molecule has 0 spiro atoms. The zero-order chi connectivity index (χ0) is 15.6. The zero-order valence-electron chi connectivity index (χ0n) is 11.5. The molecule has 1 aliphatic rings. The highest BCUT2D eigenvalue weighted by atomic mass is 79.9. The number of thioether (sulfide) groups is 1. The van der Waals surface area contributed by atoms with E-state index in [2.05, 4.69) is 15.9 Å². The van der Waals surface area contributed by atoms with Gasteiger partial charge in [0.15, 0.2) is 9.84 Å². The average molecular weight is 400 g/mol. The van der Waals surface area contributed by atoms with Gasteiger partial charge in [0.2, 0.25) is 0 Å². The van der Waals surface area contributed by atoms with Crippen LogP contribution in [0.5, 0.6) is 0 Å². The van der Waals surface area contributed by atoms with E-state index in [0.717, 1.165) is 5.75 Å². The van der Waals surface area contributed by atoms with Crippen LogP contribution in [-0.4, -0.2) is 42.5 Å². The molecule has 1 aromatic rings. The van der Waals surface area contributed by atoms with E-state index in [1.54, 1.807) is 23.6 Å². The molecule has 0 saturated carbocycles. The average Bonchev–Trinajstić information content (AvgIpc) is 2.48. The molecule has 1 atom stereocenters. The fourth-order valence-electron chi connectivity index (χ4n) is 2.24. The van der Waals surface area contributed by atoms with Gasteiger partial charge in [-0.05, 0) is 28.1 Å². The molecule has 1 aromatic carbocycles. The first-order chi connectivity index (χ1) is 9.86. The molecule has 0 bridgehead atoms. The van der Waals surface area contributed by atoms with Crippen LogP contribution in [0, 0.1) is 11.6 Å². The number of nitrogens with zero attached hydrogens (tertiary/aromatic N) is 1. The summed E-state index contributed by atoms with van der Waals surface area (Å²) in [7, 11) is -3.28. The van der Waals surface area contributed by atoms with Crippen LogP contribution in [0.25, 0.3) is 0 Å². The van der Waals surface area contributed by atoms with Crippen molar-refractivity contribution >= 4 is 37.5 Å². The smallest absolute Gasteiger partial charge is 0.166 e. The van der Waals surface area contributed by atoms with E-state index in [-0.39, 0.29) is 22.3 Å². The quantitative estimate of drug-likeness (QED) is 0.729. The zero-order valence-corrected chi connectivity index (χ0v) is 14.7. The summed E-state index contributed by atoms with van der Waals surface area (Å²) in [6.45, 7) is 2.05. The summed E-state index contributed by atoms with van der Waals surface area (Å²) in [4.78, 5) is 1.66. The van der Waals surface area contributed by atoms with Crippen LogP contribution >= 0.6 is 27.7 Å². The molecule has 3 nitrogen and oxygen atoms in total. The van der Waals surface area contributed by atoms with Crippen molar-refractivity contribution in [3.8, 4) is 0 Å². The fourth-order valence-corrected chi connectivity index (χ4v) is 5.69. The number of hydrogen-bond donors (Lipinski definition) is 0. The van der Waals surface area contributed by atoms with Crippen molar-refractivity contribution < 1.29 is 17.2 Å². The van der Waals surface area contributed by atoms with Gasteiger partial charge in [0.1, 0.15) is 17.0 Å². The van der Waals surface area contributed by atoms with E-state index < -0.39 is 26.8 Å². The standard InChI is InChI=1S/C13H16BrF2NO2S2/c1-2-21(18,19)12-8-20-6-5-17(12)7-9-11(15)4-3-10(14)13(9)16/h3-4,12H,2,5-8H2,1H3. The molecule has 0 amide bonds. The molecular formula is C13H16BrF2NO2S2. The lowest BCUT2D eigenvalue weighted by Crippen LogP contribution is -2.47. The highest BCUT2D eigenvalue weighted by Gasteiger charge is 2.33. The van der Waals surface area contributed by atoms with Gasteiger partial charge in [0, 0.05) is 35.9 Å². The number of halogens is 3. The van der Waals surface area contributed by atoms with Crippen LogP contribution < -0.4 is 0 Å². The third-order valence-electron chi connectivity index (χ3n) is 3.51. The summed E-state index contributed by atoms with van der Waals surface area (Å²) in [6.07, 6.45) is 0. The normalized spacial score (nSPS) is 20.7. The van der Waals surface area contributed by atoms with E-state index in [1.165, 1.54) is 12.1 Å². The summed E-state index contributed by atoms with van der Waals surface area (Å²) < 4.78 is 52.4. The Labute approximate surface area is 136 Å². The first-order valence-electron chi connectivity index (χ1n) is 6.52. The number of rotatable bonds is 4. The molecule has 8 heteroatoms. The Morgan fingerprint density at radius 2 is 2.14 bits per heavy atom. The summed E-state index contributed by atoms with van der Waals surface area (Å²) in [5.74, 6) is -0.0964. The molecule has 0 radical (unpaired) electrons. The topological polar surface area (TPSA) is 37.4 Å². The van der Waals surface area contributed by atoms with Crippen molar-refractivity contribution in [2.24, 2.45) is 0 Å². The minimum Gasteiger partial charge on any atom is -0.281 e. The molecule has 118 valence electrons. The Balaban J connectivity index is 2.31. The van der Waals surface area contributed by atoms with Crippen molar-refractivity contribution in [2.45, 2.75) is 18.8 Å². The van der Waals surface area contributed by atoms with Crippen LogP contribution in [0.3, 0.4) is 0 Å². The van der Waals surface area contributed by atoms with E-state index in [1.807, 2.05) is 0 Å². The molecule has 1 fully saturated rings. The Morgan fingerprint density at radius 1 is 1.43 bits per heavy atom. The van der Waals surface area contributed by atoms with Crippen LogP contribution in [0.2, 0.25) is 0 Å². The van der Waals surface area contributed by atoms with Crippen LogP contribution in [0.4, 0.5) is 8.78 Å². The number of hydrogen-bond acceptors (Lipinski definition) is 4. The Bertz CT molecular complexity index is 625. The van der Waals surface area contributed by atoms with E-state index in [0.29, 0.717) is 12.3 Å². The molecule has 2 rings (SSSR count). The number of benzene rings is 1. The first-order valence-corrected chi connectivity index (χ1v) is 10.2. The van der Waals surface area contributed by atoms with Gasteiger partial charge in [-0.3, -0.25) is 4.90 Å². The van der Waals surface area contributed by atoms with E-state index >= 15 is 0 Å². The van der Waals surface area contributed by atoms with Gasteiger partial charge in [0.05, 0.1) is 4.47 Å². The van der Waals surface area contributed by atoms with Crippen molar-refractivity contribution in [1.29, 1.82) is 0 Å². The van der Waals surface area contributed by atoms with Crippen molar-refractivity contribution in [1.82, 2.24) is 4.90 Å². The van der Waals surface area contributed by atoms with Gasteiger partial charge in [-0.15, -0.1) is 0 Å². The van der Waals surface area contributed by atoms with E-state index in [9.17, 15) is 17.2 Å². The molecule has 0 aliphatic carbocycles. The van der Waals surface area contributed by atoms with Crippen molar-refractivity contribution in [2.75, 3.05) is 23.8 Å².